The molecule has 0 aliphatic rings. The van der Waals surface area contributed by atoms with Gasteiger partial charge in [0.1, 0.15) is 0 Å². The van der Waals surface area contributed by atoms with E-state index in [0.29, 0.717) is 10.0 Å². The normalized spacial score (nSPS) is 10.5. The molecule has 1 aromatic heterocycles. The van der Waals surface area contributed by atoms with Gasteiger partial charge in [-0.15, -0.1) is 0 Å². The van der Waals surface area contributed by atoms with Crippen molar-refractivity contribution in [1.82, 2.24) is 4.98 Å². The van der Waals surface area contributed by atoms with Crippen LogP contribution in [0.2, 0.25) is 10.0 Å². The van der Waals surface area contributed by atoms with Crippen LogP contribution in [0.1, 0.15) is 5.69 Å². The fourth-order valence-corrected chi connectivity index (χ4v) is 2.83. The average Bonchev–Trinajstić information content (AvgIpc) is 2.15. The van der Waals surface area contributed by atoms with Crippen LogP contribution >= 0.6 is 45.8 Å². The molecule has 2 rings (SSSR count). The second-order valence-electron chi connectivity index (χ2n) is 3.41. The second-order valence-corrected chi connectivity index (χ2v) is 5.47. The van der Waals surface area contributed by atoms with E-state index in [4.69, 9.17) is 23.2 Å². The van der Waals surface area contributed by atoms with Crippen molar-refractivity contribution in [2.24, 2.45) is 0 Å². The van der Waals surface area contributed by atoms with Gasteiger partial charge in [-0.05, 0) is 53.8 Å². The molecule has 82 valence electrons. The third-order valence-electron chi connectivity index (χ3n) is 2.14. The van der Waals surface area contributed by atoms with Gasteiger partial charge >= 0.3 is 0 Å². The molecule has 0 saturated heterocycles. The van der Waals surface area contributed by atoms with Crippen LogP contribution in [0.15, 0.2) is 30.3 Å². The number of aromatic nitrogens is 1. The molecule has 2 aromatic rings. The van der Waals surface area contributed by atoms with Gasteiger partial charge in [0.05, 0.1) is 15.7 Å². The Kier molecular flexibility index (Phi) is 3.72. The van der Waals surface area contributed by atoms with E-state index in [1.165, 1.54) is 0 Å². The maximum Gasteiger partial charge on any atom is 0.0745 e. The average molecular weight is 364 g/mol. The zero-order valence-electron chi connectivity index (χ0n) is 8.47. The van der Waals surface area contributed by atoms with Gasteiger partial charge in [0.2, 0.25) is 0 Å². The highest BCUT2D eigenvalue weighted by Gasteiger charge is 2.10. The molecule has 0 bridgehead atoms. The molecule has 4 heteroatoms. The van der Waals surface area contributed by atoms with Gasteiger partial charge in [0.25, 0.3) is 0 Å². The summed E-state index contributed by atoms with van der Waals surface area (Å²) in [6.45, 7) is 1.95. The van der Waals surface area contributed by atoms with Crippen molar-refractivity contribution in [3.05, 3.63) is 49.6 Å². The Balaban J connectivity index is 2.67. The first-order valence-electron chi connectivity index (χ1n) is 4.66. The number of hydrogen-bond donors (Lipinski definition) is 0. The SMILES string of the molecule is Cc1cc(I)cc(-c2c(Cl)cccc2Cl)n1. The summed E-state index contributed by atoms with van der Waals surface area (Å²) in [7, 11) is 0. The maximum absolute atomic E-state index is 6.14. The van der Waals surface area contributed by atoms with Gasteiger partial charge < -0.3 is 0 Å². The minimum Gasteiger partial charge on any atom is -0.253 e. The summed E-state index contributed by atoms with van der Waals surface area (Å²) in [6, 6.07) is 9.45. The lowest BCUT2D eigenvalue weighted by Gasteiger charge is -2.07. The molecule has 0 amide bonds. The number of pyridine rings is 1. The molecule has 0 atom stereocenters. The van der Waals surface area contributed by atoms with Crippen molar-refractivity contribution < 1.29 is 0 Å². The quantitative estimate of drug-likeness (QED) is 0.652. The van der Waals surface area contributed by atoms with E-state index in [1.807, 2.05) is 37.3 Å². The molecule has 0 radical (unpaired) electrons. The molecule has 0 N–H and O–H groups in total. The predicted molar refractivity (Wildman–Crippen MR) is 77.1 cm³/mol. The Morgan fingerprint density at radius 1 is 1.12 bits per heavy atom. The topological polar surface area (TPSA) is 12.9 Å². The standard InChI is InChI=1S/C12H8Cl2IN/c1-7-5-8(15)6-11(16-7)12-9(13)3-2-4-10(12)14/h2-6H,1H3. The summed E-state index contributed by atoms with van der Waals surface area (Å²) < 4.78 is 1.12. The van der Waals surface area contributed by atoms with Crippen molar-refractivity contribution in [3.8, 4) is 11.3 Å². The number of rotatable bonds is 1. The van der Waals surface area contributed by atoms with E-state index < -0.39 is 0 Å². The van der Waals surface area contributed by atoms with Gasteiger partial charge in [0.15, 0.2) is 0 Å². The Bertz CT molecular complexity index is 500. The molecule has 1 nitrogen and oxygen atoms in total. The molecule has 0 aliphatic carbocycles. The highest BCUT2D eigenvalue weighted by molar-refractivity contribution is 14.1. The largest absolute Gasteiger partial charge is 0.253 e. The Morgan fingerprint density at radius 3 is 2.31 bits per heavy atom. The van der Waals surface area contributed by atoms with Crippen LogP contribution in [-0.4, -0.2) is 4.98 Å². The smallest absolute Gasteiger partial charge is 0.0745 e. The molecule has 0 fully saturated rings. The second kappa shape index (κ2) is 4.90. The van der Waals surface area contributed by atoms with Crippen molar-refractivity contribution in [2.75, 3.05) is 0 Å². The molecule has 0 spiro atoms. The van der Waals surface area contributed by atoms with E-state index in [0.717, 1.165) is 20.5 Å². The van der Waals surface area contributed by atoms with Crippen LogP contribution in [0.25, 0.3) is 11.3 Å². The molecular weight excluding hydrogens is 356 g/mol. The molecule has 0 aliphatic heterocycles. The zero-order valence-corrected chi connectivity index (χ0v) is 12.1. The molecule has 0 unspecified atom stereocenters. The van der Waals surface area contributed by atoms with Crippen molar-refractivity contribution in [1.29, 1.82) is 0 Å². The fraction of sp³-hybridized carbons (Fsp3) is 0.0833. The van der Waals surface area contributed by atoms with E-state index >= 15 is 0 Å². The fourth-order valence-electron chi connectivity index (χ4n) is 1.50. The summed E-state index contributed by atoms with van der Waals surface area (Å²) in [5.41, 5.74) is 2.57. The van der Waals surface area contributed by atoms with Gasteiger partial charge in [-0.3, -0.25) is 4.98 Å². The summed E-state index contributed by atoms with van der Waals surface area (Å²) in [4.78, 5) is 4.45. The molecule has 16 heavy (non-hydrogen) atoms. The number of aryl methyl sites for hydroxylation is 1. The summed E-state index contributed by atoms with van der Waals surface area (Å²) >= 11 is 14.5. The number of halogens is 3. The van der Waals surface area contributed by atoms with Crippen molar-refractivity contribution in [3.63, 3.8) is 0 Å². The van der Waals surface area contributed by atoms with Crippen LogP contribution < -0.4 is 0 Å². The third-order valence-corrected chi connectivity index (χ3v) is 3.39. The first-order valence-corrected chi connectivity index (χ1v) is 6.50. The van der Waals surface area contributed by atoms with Crippen LogP contribution in [0.4, 0.5) is 0 Å². The predicted octanol–water partition coefficient (Wildman–Crippen LogP) is 4.97. The minimum atomic E-state index is 0.626. The Labute approximate surface area is 118 Å². The zero-order chi connectivity index (χ0) is 11.7. The summed E-state index contributed by atoms with van der Waals surface area (Å²) in [5.74, 6) is 0. The summed E-state index contributed by atoms with van der Waals surface area (Å²) in [5, 5.41) is 1.25. The highest BCUT2D eigenvalue weighted by atomic mass is 127. The molecular formula is C12H8Cl2IN. The lowest BCUT2D eigenvalue weighted by atomic mass is 10.1. The van der Waals surface area contributed by atoms with E-state index in [1.54, 1.807) is 0 Å². The number of nitrogens with zero attached hydrogens (tertiary/aromatic N) is 1. The van der Waals surface area contributed by atoms with E-state index in [2.05, 4.69) is 27.6 Å². The lowest BCUT2D eigenvalue weighted by Crippen LogP contribution is -1.90. The van der Waals surface area contributed by atoms with Crippen LogP contribution in [0.3, 0.4) is 0 Å². The first-order chi connectivity index (χ1) is 7.58. The van der Waals surface area contributed by atoms with Crippen molar-refractivity contribution in [2.45, 2.75) is 6.92 Å². The van der Waals surface area contributed by atoms with Crippen LogP contribution in [0.5, 0.6) is 0 Å². The van der Waals surface area contributed by atoms with Crippen molar-refractivity contribution >= 4 is 45.8 Å². The lowest BCUT2D eigenvalue weighted by molar-refractivity contribution is 1.20. The molecule has 1 heterocycles. The maximum atomic E-state index is 6.14. The van der Waals surface area contributed by atoms with Gasteiger partial charge in [-0.1, -0.05) is 29.3 Å². The Hall–Kier alpha value is -0.320. The minimum absolute atomic E-state index is 0.626. The highest BCUT2D eigenvalue weighted by Crippen LogP contribution is 2.33. The van der Waals surface area contributed by atoms with Crippen LogP contribution in [0, 0.1) is 10.5 Å². The van der Waals surface area contributed by atoms with E-state index in [9.17, 15) is 0 Å². The Morgan fingerprint density at radius 2 is 1.75 bits per heavy atom. The van der Waals surface area contributed by atoms with Gasteiger partial charge in [-0.2, -0.15) is 0 Å². The van der Waals surface area contributed by atoms with Gasteiger partial charge in [0, 0.05) is 14.8 Å². The molecule has 0 saturated carbocycles. The monoisotopic (exact) mass is 363 g/mol. The third kappa shape index (κ3) is 2.50. The summed E-state index contributed by atoms with van der Waals surface area (Å²) in [6.07, 6.45) is 0. The number of hydrogen-bond acceptors (Lipinski definition) is 1. The molecule has 1 aromatic carbocycles. The van der Waals surface area contributed by atoms with E-state index in [-0.39, 0.29) is 0 Å². The van der Waals surface area contributed by atoms with Gasteiger partial charge in [-0.25, -0.2) is 0 Å². The number of benzene rings is 1. The first kappa shape index (κ1) is 12.1. The van der Waals surface area contributed by atoms with Crippen LogP contribution in [-0.2, 0) is 0 Å².